The molecule has 3 rings (SSSR count). The van der Waals surface area contributed by atoms with Gasteiger partial charge < -0.3 is 14.2 Å². The molecule has 2 heterocycles. The van der Waals surface area contributed by atoms with Crippen molar-refractivity contribution in [3.63, 3.8) is 0 Å². The van der Waals surface area contributed by atoms with Gasteiger partial charge in [0.1, 0.15) is 0 Å². The number of fused-ring (bicyclic) bond motifs is 2. The fourth-order valence-corrected chi connectivity index (χ4v) is 3.08. The van der Waals surface area contributed by atoms with E-state index in [4.69, 9.17) is 14.2 Å². The van der Waals surface area contributed by atoms with Crippen molar-refractivity contribution in [3.05, 3.63) is 58.5 Å². The van der Waals surface area contributed by atoms with E-state index in [2.05, 4.69) is 5.18 Å². The highest BCUT2D eigenvalue weighted by Crippen LogP contribution is 2.14. The Kier molecular flexibility index (Phi) is 6.42. The molecule has 2 aromatic heterocycles. The van der Waals surface area contributed by atoms with Gasteiger partial charge in [-0.25, -0.2) is 0 Å². The summed E-state index contributed by atoms with van der Waals surface area (Å²) in [6.45, 7) is 1.10. The van der Waals surface area contributed by atoms with Gasteiger partial charge in [0.25, 0.3) is 22.2 Å². The Morgan fingerprint density at radius 3 is 1.66 bits per heavy atom. The molecule has 0 spiro atoms. The molecular weight excluding hydrogens is 386 g/mol. The van der Waals surface area contributed by atoms with Crippen LogP contribution in [0.25, 0.3) is 21.5 Å². The van der Waals surface area contributed by atoms with Crippen LogP contribution in [-0.4, -0.2) is 49.3 Å². The molecule has 0 fully saturated rings. The lowest BCUT2D eigenvalue weighted by molar-refractivity contribution is 0.0228. The summed E-state index contributed by atoms with van der Waals surface area (Å²) in [5.74, 6) is 0. The van der Waals surface area contributed by atoms with Crippen molar-refractivity contribution in [3.8, 4) is 0 Å². The number of hydrogen-bond donors (Lipinski definition) is 0. The maximum absolute atomic E-state index is 12.6. The average Bonchev–Trinajstić information content (AvgIpc) is 3.09. The highest BCUT2D eigenvalue weighted by atomic mass is 16.5. The van der Waals surface area contributed by atoms with E-state index < -0.39 is 28.9 Å². The monoisotopic (exact) mass is 405 g/mol. The Bertz CT molecular complexity index is 1150. The van der Waals surface area contributed by atoms with Gasteiger partial charge in [-0.05, 0) is 17.3 Å². The van der Waals surface area contributed by atoms with E-state index in [1.54, 1.807) is 7.11 Å². The lowest BCUT2D eigenvalue weighted by atomic mass is 10.1. The molecule has 0 radical (unpaired) electrons. The topological polar surface area (TPSA) is 135 Å². The second-order valence-corrected chi connectivity index (χ2v) is 6.23. The van der Waals surface area contributed by atoms with Crippen molar-refractivity contribution in [1.29, 1.82) is 0 Å². The zero-order valence-electron chi connectivity index (χ0n) is 15.7. The molecule has 11 nitrogen and oxygen atoms in total. The zero-order valence-corrected chi connectivity index (χ0v) is 15.7. The number of hydrogen-bond acceptors (Lipinski definition) is 9. The third kappa shape index (κ3) is 3.92. The summed E-state index contributed by atoms with van der Waals surface area (Å²) in [5, 5.41) is 2.59. The molecule has 11 heteroatoms. The Morgan fingerprint density at radius 2 is 1.17 bits per heavy atom. The molecule has 0 unspecified atom stereocenters. The highest BCUT2D eigenvalue weighted by Gasteiger charge is 2.19. The van der Waals surface area contributed by atoms with Crippen LogP contribution in [0.4, 0.5) is 0 Å². The van der Waals surface area contributed by atoms with Gasteiger partial charge in [-0.3, -0.25) is 28.3 Å². The van der Waals surface area contributed by atoms with Crippen LogP contribution < -0.4 is 22.2 Å². The van der Waals surface area contributed by atoms with Crippen molar-refractivity contribution in [2.75, 3.05) is 40.1 Å². The molecule has 29 heavy (non-hydrogen) atoms. The van der Waals surface area contributed by atoms with Gasteiger partial charge >= 0.3 is 0 Å². The van der Waals surface area contributed by atoms with E-state index in [-0.39, 0.29) is 34.7 Å². The van der Waals surface area contributed by atoms with Gasteiger partial charge in [0.2, 0.25) is 0 Å². The average molecular weight is 405 g/mol. The largest absolute Gasteiger partial charge is 0.382 e. The molecule has 0 saturated carbocycles. The number of rotatable bonds is 11. The first kappa shape index (κ1) is 20.7. The number of nitroso groups, excluding NO2 is 1. The van der Waals surface area contributed by atoms with Crippen LogP contribution in [0.15, 0.2) is 36.5 Å². The number of aromatic nitrogens is 2. The van der Waals surface area contributed by atoms with Gasteiger partial charge in [-0.1, -0.05) is 0 Å². The molecule has 0 aliphatic rings. The Balaban J connectivity index is 1.81. The van der Waals surface area contributed by atoms with Crippen molar-refractivity contribution >= 4 is 21.5 Å². The van der Waals surface area contributed by atoms with E-state index in [9.17, 15) is 24.1 Å². The molecule has 0 aliphatic carbocycles. The summed E-state index contributed by atoms with van der Waals surface area (Å²) >= 11 is 0. The van der Waals surface area contributed by atoms with Gasteiger partial charge in [-0.2, -0.15) is 0 Å². The van der Waals surface area contributed by atoms with Crippen LogP contribution in [0.2, 0.25) is 0 Å². The summed E-state index contributed by atoms with van der Waals surface area (Å²) in [7, 11) is 1.57. The van der Waals surface area contributed by atoms with E-state index in [1.807, 2.05) is 0 Å². The molecule has 1 aromatic carbocycles. The summed E-state index contributed by atoms with van der Waals surface area (Å²) in [4.78, 5) is 60.1. The van der Waals surface area contributed by atoms with Gasteiger partial charge in [-0.15, -0.1) is 4.91 Å². The SMILES string of the molecule is COCCOCCOCCn1c(=O)c2cc3c(=O)n(CN=O)c(=O)c3cc2c1=O. The molecule has 3 aromatic rings. The lowest BCUT2D eigenvalue weighted by Crippen LogP contribution is -2.28. The van der Waals surface area contributed by atoms with Gasteiger partial charge in [0, 0.05) is 7.11 Å². The van der Waals surface area contributed by atoms with Gasteiger partial charge in [0.05, 0.1) is 61.1 Å². The van der Waals surface area contributed by atoms with Crippen LogP contribution in [0, 0.1) is 4.91 Å². The predicted octanol–water partition coefficient (Wildman–Crippen LogP) is -0.684. The number of methoxy groups -OCH3 is 1. The highest BCUT2D eigenvalue weighted by molar-refractivity contribution is 5.97. The van der Waals surface area contributed by atoms with Crippen LogP contribution in [0.1, 0.15) is 0 Å². The quantitative estimate of drug-likeness (QED) is 0.302. The van der Waals surface area contributed by atoms with Crippen molar-refractivity contribution in [2.24, 2.45) is 5.18 Å². The lowest BCUT2D eigenvalue weighted by Gasteiger charge is -2.05. The molecular formula is C18H19N3O8. The molecule has 0 saturated heterocycles. The van der Waals surface area contributed by atoms with Crippen molar-refractivity contribution in [1.82, 2.24) is 9.13 Å². The minimum atomic E-state index is -0.720. The predicted molar refractivity (Wildman–Crippen MR) is 104 cm³/mol. The molecule has 0 bridgehead atoms. The zero-order chi connectivity index (χ0) is 21.0. The Hall–Kier alpha value is -3.02. The first-order valence-corrected chi connectivity index (χ1v) is 8.85. The third-order valence-electron chi connectivity index (χ3n) is 4.52. The van der Waals surface area contributed by atoms with Crippen LogP contribution in [0.5, 0.6) is 0 Å². The first-order valence-electron chi connectivity index (χ1n) is 8.85. The molecule has 154 valence electrons. The van der Waals surface area contributed by atoms with E-state index in [0.29, 0.717) is 31.0 Å². The normalized spacial score (nSPS) is 11.6. The van der Waals surface area contributed by atoms with E-state index >= 15 is 0 Å². The van der Waals surface area contributed by atoms with Crippen molar-refractivity contribution < 1.29 is 14.2 Å². The van der Waals surface area contributed by atoms with E-state index in [1.165, 1.54) is 12.1 Å². The molecule has 0 N–H and O–H groups in total. The van der Waals surface area contributed by atoms with Crippen LogP contribution in [0.3, 0.4) is 0 Å². The summed E-state index contributed by atoms with van der Waals surface area (Å²) in [6, 6.07) is 2.45. The van der Waals surface area contributed by atoms with Crippen LogP contribution >= 0.6 is 0 Å². The third-order valence-corrected chi connectivity index (χ3v) is 4.52. The fraction of sp³-hybridized carbons (Fsp3) is 0.444. The molecule has 0 atom stereocenters. The second kappa shape index (κ2) is 8.99. The number of benzene rings is 1. The molecule has 0 aliphatic heterocycles. The number of nitrogens with zero attached hydrogens (tertiary/aromatic N) is 3. The minimum Gasteiger partial charge on any atom is -0.382 e. The van der Waals surface area contributed by atoms with Crippen molar-refractivity contribution in [2.45, 2.75) is 13.2 Å². The van der Waals surface area contributed by atoms with E-state index in [0.717, 1.165) is 4.57 Å². The standard InChI is InChI=1S/C18H19N3O8/c1-27-4-5-29-7-6-28-3-2-20-15(22)11-8-13-14(9-12(11)16(20)23)18(25)21(10-19-26)17(13)24/h8-9H,2-7,10H2,1H3. The first-order chi connectivity index (χ1) is 14.0. The molecule has 0 amide bonds. The van der Waals surface area contributed by atoms with Crippen LogP contribution in [-0.2, 0) is 27.4 Å². The fourth-order valence-electron chi connectivity index (χ4n) is 3.08. The summed E-state index contributed by atoms with van der Waals surface area (Å²) in [6.07, 6.45) is 0. The second-order valence-electron chi connectivity index (χ2n) is 6.23. The smallest absolute Gasteiger partial charge is 0.263 e. The summed E-state index contributed by atoms with van der Waals surface area (Å²) in [5.41, 5.74) is -2.58. The summed E-state index contributed by atoms with van der Waals surface area (Å²) < 4.78 is 17.1. The minimum absolute atomic E-state index is 0.0233. The Morgan fingerprint density at radius 1 is 0.724 bits per heavy atom. The van der Waals surface area contributed by atoms with Gasteiger partial charge in [0.15, 0.2) is 6.67 Å². The maximum Gasteiger partial charge on any atom is 0.263 e. The number of ether oxygens (including phenoxy) is 3. The maximum atomic E-state index is 12.6. The Labute approximate surface area is 162 Å².